The van der Waals surface area contributed by atoms with Gasteiger partial charge in [-0.2, -0.15) is 0 Å². The van der Waals surface area contributed by atoms with Gasteiger partial charge in [-0.05, 0) is 53.9 Å². The summed E-state index contributed by atoms with van der Waals surface area (Å²) in [6.45, 7) is 2.30. The van der Waals surface area contributed by atoms with Crippen molar-refractivity contribution in [2.75, 3.05) is 13.1 Å². The first-order valence-electron chi connectivity index (χ1n) is 6.91. The SMILES string of the molecule is O=C(NC1CCN2CCCCC12)c1cccnc1Br. The van der Waals surface area contributed by atoms with Gasteiger partial charge in [0.15, 0.2) is 0 Å². The predicted molar refractivity (Wildman–Crippen MR) is 77.0 cm³/mol. The first-order chi connectivity index (χ1) is 9.25. The van der Waals surface area contributed by atoms with Crippen molar-refractivity contribution in [3.05, 3.63) is 28.5 Å². The molecule has 2 unspecified atom stereocenters. The summed E-state index contributed by atoms with van der Waals surface area (Å²) in [7, 11) is 0. The number of pyridine rings is 1. The summed E-state index contributed by atoms with van der Waals surface area (Å²) in [6.07, 6.45) is 6.53. The third-order valence-electron chi connectivity index (χ3n) is 4.18. The quantitative estimate of drug-likeness (QED) is 0.849. The van der Waals surface area contributed by atoms with Crippen molar-refractivity contribution in [2.45, 2.75) is 37.8 Å². The minimum atomic E-state index is -0.0163. The highest BCUT2D eigenvalue weighted by Gasteiger charge is 2.36. The summed E-state index contributed by atoms with van der Waals surface area (Å²) < 4.78 is 0.617. The van der Waals surface area contributed by atoms with Gasteiger partial charge in [-0.25, -0.2) is 4.98 Å². The number of halogens is 1. The third kappa shape index (κ3) is 2.67. The summed E-state index contributed by atoms with van der Waals surface area (Å²) in [5.41, 5.74) is 0.622. The molecule has 0 aliphatic carbocycles. The second-order valence-electron chi connectivity index (χ2n) is 5.31. The second kappa shape index (κ2) is 5.59. The highest BCUT2D eigenvalue weighted by molar-refractivity contribution is 9.10. The maximum Gasteiger partial charge on any atom is 0.254 e. The van der Waals surface area contributed by atoms with Crippen LogP contribution in [0.4, 0.5) is 0 Å². The Morgan fingerprint density at radius 1 is 1.37 bits per heavy atom. The van der Waals surface area contributed by atoms with E-state index in [-0.39, 0.29) is 5.91 Å². The van der Waals surface area contributed by atoms with E-state index in [2.05, 4.69) is 31.1 Å². The van der Waals surface area contributed by atoms with Crippen molar-refractivity contribution >= 4 is 21.8 Å². The lowest BCUT2D eigenvalue weighted by Crippen LogP contribution is -2.46. The molecule has 102 valence electrons. The van der Waals surface area contributed by atoms with Crippen molar-refractivity contribution in [1.82, 2.24) is 15.2 Å². The molecule has 2 atom stereocenters. The number of hydrogen-bond acceptors (Lipinski definition) is 3. The highest BCUT2D eigenvalue weighted by atomic mass is 79.9. The van der Waals surface area contributed by atoms with Gasteiger partial charge in [-0.3, -0.25) is 9.69 Å². The van der Waals surface area contributed by atoms with Crippen LogP contribution >= 0.6 is 15.9 Å². The van der Waals surface area contributed by atoms with E-state index in [1.165, 1.54) is 25.8 Å². The number of amides is 1. The van der Waals surface area contributed by atoms with Crippen LogP contribution in [0.5, 0.6) is 0 Å². The monoisotopic (exact) mass is 323 g/mol. The van der Waals surface area contributed by atoms with Gasteiger partial charge < -0.3 is 5.32 Å². The Kier molecular flexibility index (Phi) is 3.84. The molecule has 4 nitrogen and oxygen atoms in total. The van der Waals surface area contributed by atoms with Gasteiger partial charge in [-0.1, -0.05) is 6.42 Å². The summed E-state index contributed by atoms with van der Waals surface area (Å²) in [5, 5.41) is 3.18. The Labute approximate surface area is 121 Å². The van der Waals surface area contributed by atoms with Gasteiger partial charge in [-0.15, -0.1) is 0 Å². The fourth-order valence-corrected chi connectivity index (χ4v) is 3.65. The zero-order valence-electron chi connectivity index (χ0n) is 10.8. The number of piperidine rings is 1. The molecule has 0 spiro atoms. The average molecular weight is 324 g/mol. The molecule has 1 aromatic rings. The van der Waals surface area contributed by atoms with E-state index in [0.717, 1.165) is 13.0 Å². The number of carbonyl (C=O) groups is 1. The molecule has 1 amide bonds. The zero-order valence-corrected chi connectivity index (χ0v) is 12.4. The van der Waals surface area contributed by atoms with E-state index in [0.29, 0.717) is 22.3 Å². The second-order valence-corrected chi connectivity index (χ2v) is 6.06. The molecule has 1 N–H and O–H groups in total. The van der Waals surface area contributed by atoms with Crippen molar-refractivity contribution in [3.63, 3.8) is 0 Å². The minimum Gasteiger partial charge on any atom is -0.348 e. The normalized spacial score (nSPS) is 27.0. The fraction of sp³-hybridized carbons (Fsp3) is 0.571. The first-order valence-corrected chi connectivity index (χ1v) is 7.70. The number of fused-ring (bicyclic) bond motifs is 1. The summed E-state index contributed by atoms with van der Waals surface area (Å²) in [6, 6.07) is 4.43. The van der Waals surface area contributed by atoms with Crippen molar-refractivity contribution in [1.29, 1.82) is 0 Å². The molecule has 0 saturated carbocycles. The molecule has 0 bridgehead atoms. The fourth-order valence-electron chi connectivity index (χ4n) is 3.22. The topological polar surface area (TPSA) is 45.2 Å². The molecule has 0 aromatic carbocycles. The standard InChI is InChI=1S/C14H18BrN3O/c15-13-10(4-3-7-16-13)14(19)17-11-6-9-18-8-2-1-5-12(11)18/h3-4,7,11-12H,1-2,5-6,8-9H2,(H,17,19). The summed E-state index contributed by atoms with van der Waals surface area (Å²) in [4.78, 5) is 18.9. The predicted octanol–water partition coefficient (Wildman–Crippen LogP) is 2.20. The Morgan fingerprint density at radius 2 is 2.26 bits per heavy atom. The first kappa shape index (κ1) is 13.1. The van der Waals surface area contributed by atoms with Crippen LogP contribution in [0.2, 0.25) is 0 Å². The molecule has 5 heteroatoms. The van der Waals surface area contributed by atoms with Gasteiger partial charge in [0.05, 0.1) is 5.56 Å². The summed E-state index contributed by atoms with van der Waals surface area (Å²) >= 11 is 3.33. The number of aromatic nitrogens is 1. The lowest BCUT2D eigenvalue weighted by atomic mass is 9.99. The van der Waals surface area contributed by atoms with Crippen molar-refractivity contribution in [3.8, 4) is 0 Å². The lowest BCUT2D eigenvalue weighted by molar-refractivity contribution is 0.0914. The van der Waals surface area contributed by atoms with E-state index in [9.17, 15) is 4.79 Å². The van der Waals surface area contributed by atoms with E-state index in [1.807, 2.05) is 0 Å². The average Bonchev–Trinajstić information content (AvgIpc) is 2.83. The minimum absolute atomic E-state index is 0.0163. The zero-order chi connectivity index (χ0) is 13.2. The molecule has 2 aliphatic heterocycles. The van der Waals surface area contributed by atoms with Gasteiger partial charge in [0, 0.05) is 24.8 Å². The van der Waals surface area contributed by atoms with E-state index >= 15 is 0 Å². The van der Waals surface area contributed by atoms with Crippen LogP contribution < -0.4 is 5.32 Å². The van der Waals surface area contributed by atoms with Crippen LogP contribution in [-0.4, -0.2) is 41.0 Å². The Bertz CT molecular complexity index is 480. The smallest absolute Gasteiger partial charge is 0.254 e. The van der Waals surface area contributed by atoms with Gasteiger partial charge >= 0.3 is 0 Å². The molecular formula is C14H18BrN3O. The summed E-state index contributed by atoms with van der Waals surface area (Å²) in [5.74, 6) is -0.0163. The lowest BCUT2D eigenvalue weighted by Gasteiger charge is -2.32. The number of carbonyl (C=O) groups excluding carboxylic acids is 1. The van der Waals surface area contributed by atoms with Crippen LogP contribution in [0.1, 0.15) is 36.0 Å². The largest absolute Gasteiger partial charge is 0.348 e. The molecule has 1 aromatic heterocycles. The maximum absolute atomic E-state index is 12.3. The molecule has 3 rings (SSSR count). The van der Waals surface area contributed by atoms with E-state index in [1.54, 1.807) is 18.3 Å². The van der Waals surface area contributed by atoms with Crippen LogP contribution in [0.3, 0.4) is 0 Å². The Hall–Kier alpha value is -0.940. The van der Waals surface area contributed by atoms with Crippen LogP contribution in [0, 0.1) is 0 Å². The molecule has 2 saturated heterocycles. The molecule has 19 heavy (non-hydrogen) atoms. The van der Waals surface area contributed by atoms with Crippen molar-refractivity contribution < 1.29 is 4.79 Å². The van der Waals surface area contributed by atoms with Gasteiger partial charge in [0.25, 0.3) is 5.91 Å². The van der Waals surface area contributed by atoms with Gasteiger partial charge in [0.2, 0.25) is 0 Å². The van der Waals surface area contributed by atoms with Crippen LogP contribution in [0.15, 0.2) is 22.9 Å². The Morgan fingerprint density at radius 3 is 3.11 bits per heavy atom. The number of nitrogens with zero attached hydrogens (tertiary/aromatic N) is 2. The molecule has 3 heterocycles. The van der Waals surface area contributed by atoms with Gasteiger partial charge in [0.1, 0.15) is 4.60 Å². The third-order valence-corrected chi connectivity index (χ3v) is 4.81. The highest BCUT2D eigenvalue weighted by Crippen LogP contribution is 2.27. The van der Waals surface area contributed by atoms with E-state index < -0.39 is 0 Å². The molecule has 2 aliphatic rings. The number of rotatable bonds is 2. The molecular weight excluding hydrogens is 306 g/mol. The number of nitrogens with one attached hydrogen (secondary N) is 1. The van der Waals surface area contributed by atoms with Crippen molar-refractivity contribution in [2.24, 2.45) is 0 Å². The maximum atomic E-state index is 12.3. The number of hydrogen-bond donors (Lipinski definition) is 1. The molecule has 2 fully saturated rings. The Balaban J connectivity index is 1.68. The van der Waals surface area contributed by atoms with Crippen LogP contribution in [0.25, 0.3) is 0 Å². The van der Waals surface area contributed by atoms with E-state index in [4.69, 9.17) is 0 Å². The molecule has 0 radical (unpaired) electrons. The van der Waals surface area contributed by atoms with Crippen LogP contribution in [-0.2, 0) is 0 Å².